The van der Waals surface area contributed by atoms with Gasteiger partial charge in [0.2, 0.25) is 5.91 Å². The molecular formula is C26H24N4O2S2. The first-order valence-corrected chi connectivity index (χ1v) is 13.2. The van der Waals surface area contributed by atoms with Crippen LogP contribution in [0.15, 0.2) is 53.7 Å². The van der Waals surface area contributed by atoms with Crippen molar-refractivity contribution in [3.05, 3.63) is 64.5 Å². The number of carbonyl (C=O) groups is 1. The number of para-hydroxylation sites is 2. The lowest BCUT2D eigenvalue weighted by Crippen LogP contribution is -2.14. The van der Waals surface area contributed by atoms with Crippen molar-refractivity contribution in [2.75, 3.05) is 17.7 Å². The molecule has 0 saturated heterocycles. The van der Waals surface area contributed by atoms with Crippen molar-refractivity contribution >= 4 is 45.0 Å². The Kier molecular flexibility index (Phi) is 6.57. The van der Waals surface area contributed by atoms with Gasteiger partial charge >= 0.3 is 0 Å². The van der Waals surface area contributed by atoms with Crippen LogP contribution in [0, 0.1) is 11.3 Å². The van der Waals surface area contributed by atoms with Crippen LogP contribution < -0.4 is 10.1 Å². The Balaban J connectivity index is 1.37. The summed E-state index contributed by atoms with van der Waals surface area (Å²) in [6.07, 6.45) is 4.16. The van der Waals surface area contributed by atoms with E-state index in [1.165, 1.54) is 16.6 Å². The zero-order chi connectivity index (χ0) is 23.5. The number of carbonyl (C=O) groups excluding carboxylic acids is 1. The number of hydrogen-bond acceptors (Lipinski definition) is 6. The Hall–Kier alpha value is -3.28. The van der Waals surface area contributed by atoms with Crippen LogP contribution in [0.3, 0.4) is 0 Å². The molecule has 1 aliphatic rings. The molecule has 4 aromatic rings. The molecule has 0 aliphatic heterocycles. The van der Waals surface area contributed by atoms with Crippen molar-refractivity contribution < 1.29 is 9.53 Å². The maximum absolute atomic E-state index is 12.9. The first-order valence-electron chi connectivity index (χ1n) is 11.4. The molecule has 5 rings (SSSR count). The third-order valence-corrected chi connectivity index (χ3v) is 7.95. The van der Waals surface area contributed by atoms with Gasteiger partial charge in [-0.15, -0.1) is 11.3 Å². The van der Waals surface area contributed by atoms with Gasteiger partial charge in [0, 0.05) is 10.6 Å². The highest BCUT2D eigenvalue weighted by atomic mass is 32.2. The number of aromatic nitrogens is 2. The summed E-state index contributed by atoms with van der Waals surface area (Å²) in [5.41, 5.74) is 4.57. The predicted molar refractivity (Wildman–Crippen MR) is 137 cm³/mol. The van der Waals surface area contributed by atoms with E-state index in [9.17, 15) is 10.1 Å². The quantitative estimate of drug-likeness (QED) is 0.324. The Morgan fingerprint density at radius 1 is 1.21 bits per heavy atom. The lowest BCUT2D eigenvalue weighted by molar-refractivity contribution is -0.113. The van der Waals surface area contributed by atoms with E-state index in [0.717, 1.165) is 58.9 Å². The molecule has 1 N–H and O–H groups in total. The first-order chi connectivity index (χ1) is 16.7. The molecule has 0 radical (unpaired) electrons. The van der Waals surface area contributed by atoms with Crippen molar-refractivity contribution in [1.29, 1.82) is 5.26 Å². The number of thiophene rings is 1. The van der Waals surface area contributed by atoms with E-state index in [0.29, 0.717) is 17.2 Å². The number of ether oxygens (including phenoxy) is 1. The number of anilines is 1. The third-order valence-electron chi connectivity index (χ3n) is 5.80. The van der Waals surface area contributed by atoms with Crippen LogP contribution in [0.25, 0.3) is 16.7 Å². The summed E-state index contributed by atoms with van der Waals surface area (Å²) in [6.45, 7) is 2.58. The number of rotatable bonds is 7. The fourth-order valence-electron chi connectivity index (χ4n) is 4.27. The number of nitrogens with zero attached hydrogens (tertiary/aromatic N) is 3. The summed E-state index contributed by atoms with van der Waals surface area (Å²) < 4.78 is 7.64. The minimum absolute atomic E-state index is 0.134. The van der Waals surface area contributed by atoms with Crippen molar-refractivity contribution in [1.82, 2.24) is 9.55 Å². The minimum Gasteiger partial charge on any atom is -0.494 e. The Morgan fingerprint density at radius 3 is 2.79 bits per heavy atom. The van der Waals surface area contributed by atoms with Crippen molar-refractivity contribution in [3.8, 4) is 17.5 Å². The highest BCUT2D eigenvalue weighted by Gasteiger charge is 2.22. The molecule has 2 heterocycles. The molecule has 2 aromatic carbocycles. The zero-order valence-corrected chi connectivity index (χ0v) is 20.5. The molecule has 0 fully saturated rings. The second-order valence-corrected chi connectivity index (χ2v) is 10.1. The van der Waals surface area contributed by atoms with E-state index < -0.39 is 0 Å². The average molecular weight is 489 g/mol. The maximum Gasteiger partial charge on any atom is 0.235 e. The van der Waals surface area contributed by atoms with Gasteiger partial charge in [0.15, 0.2) is 5.16 Å². The maximum atomic E-state index is 12.9. The smallest absolute Gasteiger partial charge is 0.235 e. The lowest BCUT2D eigenvalue weighted by atomic mass is 9.96. The third kappa shape index (κ3) is 4.41. The van der Waals surface area contributed by atoms with Crippen LogP contribution in [0.1, 0.15) is 35.8 Å². The molecule has 2 aromatic heterocycles. The summed E-state index contributed by atoms with van der Waals surface area (Å²) in [4.78, 5) is 18.9. The molecular weight excluding hydrogens is 464 g/mol. The van der Waals surface area contributed by atoms with Crippen LogP contribution >= 0.6 is 23.1 Å². The standard InChI is InChI=1S/C26H24N4O2S2/c1-2-32-18-13-11-17(12-14-18)30-22-9-5-4-8-21(22)28-26(30)33-16-24(31)29-25-20(15-27)19-7-3-6-10-23(19)34-25/h4-5,8-9,11-14H,2-3,6-7,10,16H2,1H3,(H,29,31). The minimum atomic E-state index is -0.134. The van der Waals surface area contributed by atoms with Gasteiger partial charge in [-0.1, -0.05) is 23.9 Å². The number of imidazole rings is 1. The molecule has 0 saturated carbocycles. The van der Waals surface area contributed by atoms with Gasteiger partial charge in [0.05, 0.1) is 29.0 Å². The molecule has 1 amide bonds. The van der Waals surface area contributed by atoms with Crippen LogP contribution in [0.5, 0.6) is 5.75 Å². The van der Waals surface area contributed by atoms with Crippen LogP contribution in [0.2, 0.25) is 0 Å². The Morgan fingerprint density at radius 2 is 2.00 bits per heavy atom. The lowest BCUT2D eigenvalue weighted by Gasteiger charge is -2.10. The zero-order valence-electron chi connectivity index (χ0n) is 18.8. The number of hydrogen-bond donors (Lipinski definition) is 1. The van der Waals surface area contributed by atoms with E-state index in [4.69, 9.17) is 9.72 Å². The van der Waals surface area contributed by atoms with E-state index in [2.05, 4.69) is 16.0 Å². The van der Waals surface area contributed by atoms with Crippen molar-refractivity contribution in [2.24, 2.45) is 0 Å². The molecule has 34 heavy (non-hydrogen) atoms. The number of nitriles is 1. The molecule has 172 valence electrons. The number of nitrogens with one attached hydrogen (secondary N) is 1. The van der Waals surface area contributed by atoms with Crippen LogP contribution in [0.4, 0.5) is 5.00 Å². The number of amides is 1. The van der Waals surface area contributed by atoms with Crippen LogP contribution in [-0.4, -0.2) is 27.8 Å². The van der Waals surface area contributed by atoms with E-state index in [1.54, 1.807) is 11.3 Å². The van der Waals surface area contributed by atoms with Gasteiger partial charge in [-0.05, 0) is 74.6 Å². The van der Waals surface area contributed by atoms with Gasteiger partial charge in [0.1, 0.15) is 16.8 Å². The monoisotopic (exact) mass is 488 g/mol. The fraction of sp³-hybridized carbons (Fsp3) is 0.269. The van der Waals surface area contributed by atoms with E-state index in [-0.39, 0.29) is 11.7 Å². The number of aryl methyl sites for hydroxylation is 1. The van der Waals surface area contributed by atoms with Crippen molar-refractivity contribution in [2.45, 2.75) is 37.8 Å². The molecule has 0 spiro atoms. The van der Waals surface area contributed by atoms with Crippen LogP contribution in [-0.2, 0) is 17.6 Å². The largest absolute Gasteiger partial charge is 0.494 e. The van der Waals surface area contributed by atoms with E-state index >= 15 is 0 Å². The molecule has 0 atom stereocenters. The topological polar surface area (TPSA) is 79.9 Å². The number of benzene rings is 2. The summed E-state index contributed by atoms with van der Waals surface area (Å²) >= 11 is 2.94. The highest BCUT2D eigenvalue weighted by Crippen LogP contribution is 2.38. The van der Waals surface area contributed by atoms with Gasteiger partial charge in [0.25, 0.3) is 0 Å². The predicted octanol–water partition coefficient (Wildman–Crippen LogP) is 5.97. The summed E-state index contributed by atoms with van der Waals surface area (Å²) in [5.74, 6) is 0.884. The Labute approximate surface area is 206 Å². The second kappa shape index (κ2) is 9.92. The molecule has 1 aliphatic carbocycles. The molecule has 8 heteroatoms. The SMILES string of the molecule is CCOc1ccc(-n2c(SCC(=O)Nc3sc4c(c3C#N)CCCC4)nc3ccccc32)cc1. The van der Waals surface area contributed by atoms with E-state index in [1.807, 2.05) is 55.5 Å². The Bertz CT molecular complexity index is 1380. The van der Waals surface area contributed by atoms with Gasteiger partial charge in [-0.25, -0.2) is 4.98 Å². The fourth-order valence-corrected chi connectivity index (χ4v) is 6.36. The second-order valence-electron chi connectivity index (χ2n) is 8.01. The first kappa shape index (κ1) is 22.5. The normalized spacial score (nSPS) is 12.8. The summed E-state index contributed by atoms with van der Waals surface area (Å²) in [5, 5.41) is 14.1. The summed E-state index contributed by atoms with van der Waals surface area (Å²) in [7, 11) is 0. The van der Waals surface area contributed by atoms with Crippen molar-refractivity contribution in [3.63, 3.8) is 0 Å². The molecule has 0 unspecified atom stereocenters. The molecule has 6 nitrogen and oxygen atoms in total. The summed E-state index contributed by atoms with van der Waals surface area (Å²) in [6, 6.07) is 18.1. The van der Waals surface area contributed by atoms with Gasteiger partial charge < -0.3 is 10.1 Å². The van der Waals surface area contributed by atoms with Gasteiger partial charge in [-0.2, -0.15) is 5.26 Å². The number of thioether (sulfide) groups is 1. The van der Waals surface area contributed by atoms with Gasteiger partial charge in [-0.3, -0.25) is 9.36 Å². The number of fused-ring (bicyclic) bond motifs is 2. The highest BCUT2D eigenvalue weighted by molar-refractivity contribution is 7.99. The molecule has 0 bridgehead atoms. The average Bonchev–Trinajstić information content (AvgIpc) is 3.40.